The van der Waals surface area contributed by atoms with Gasteiger partial charge < -0.3 is 10.6 Å². The van der Waals surface area contributed by atoms with E-state index in [1.807, 2.05) is 0 Å². The monoisotopic (exact) mass is 208 g/mol. The Morgan fingerprint density at radius 3 is 2.53 bits per heavy atom. The molecule has 0 bridgehead atoms. The molecule has 0 amide bonds. The Morgan fingerprint density at radius 2 is 2.00 bits per heavy atom. The fourth-order valence-electron chi connectivity index (χ4n) is 3.22. The standard InChI is InChI=1S/C13H24N2/c1-12(6-7-14-8-12)9-15-10-13(4-5-13)11-2-3-11/h11,14-15H,2-10H2,1H3. The van der Waals surface area contributed by atoms with Gasteiger partial charge in [0.25, 0.3) is 0 Å². The molecule has 3 aliphatic rings. The normalized spacial score (nSPS) is 38.2. The summed E-state index contributed by atoms with van der Waals surface area (Å²) >= 11 is 0. The second-order valence-corrected chi connectivity index (χ2v) is 6.48. The maximum atomic E-state index is 3.75. The van der Waals surface area contributed by atoms with Crippen molar-refractivity contribution >= 4 is 0 Å². The lowest BCUT2D eigenvalue weighted by atomic mass is 9.89. The van der Waals surface area contributed by atoms with Gasteiger partial charge in [-0.25, -0.2) is 0 Å². The molecule has 1 saturated heterocycles. The van der Waals surface area contributed by atoms with Crippen molar-refractivity contribution < 1.29 is 0 Å². The van der Waals surface area contributed by atoms with Crippen molar-refractivity contribution in [3.8, 4) is 0 Å². The van der Waals surface area contributed by atoms with E-state index >= 15 is 0 Å². The zero-order valence-corrected chi connectivity index (χ0v) is 9.94. The summed E-state index contributed by atoms with van der Waals surface area (Å²) in [4.78, 5) is 0. The highest BCUT2D eigenvalue weighted by atomic mass is 15.0. The van der Waals surface area contributed by atoms with Gasteiger partial charge in [-0.2, -0.15) is 0 Å². The molecule has 1 atom stereocenters. The van der Waals surface area contributed by atoms with Gasteiger partial charge in [-0.05, 0) is 55.4 Å². The van der Waals surface area contributed by atoms with Crippen LogP contribution in [0.4, 0.5) is 0 Å². The van der Waals surface area contributed by atoms with E-state index in [1.54, 1.807) is 0 Å². The zero-order valence-electron chi connectivity index (χ0n) is 9.94. The van der Waals surface area contributed by atoms with Gasteiger partial charge in [-0.3, -0.25) is 0 Å². The summed E-state index contributed by atoms with van der Waals surface area (Å²) < 4.78 is 0. The van der Waals surface area contributed by atoms with Gasteiger partial charge in [0, 0.05) is 19.6 Å². The average Bonchev–Trinajstić information content (AvgIpc) is 3.07. The summed E-state index contributed by atoms with van der Waals surface area (Å²) in [7, 11) is 0. The smallest absolute Gasteiger partial charge is 0.00180 e. The van der Waals surface area contributed by atoms with Crippen LogP contribution in [-0.4, -0.2) is 26.2 Å². The van der Waals surface area contributed by atoms with Gasteiger partial charge in [0.05, 0.1) is 0 Å². The molecule has 3 rings (SSSR count). The zero-order chi connectivity index (χ0) is 10.4. The summed E-state index contributed by atoms with van der Waals surface area (Å²) in [5, 5.41) is 7.22. The molecule has 2 saturated carbocycles. The first-order valence-electron chi connectivity index (χ1n) is 6.64. The lowest BCUT2D eigenvalue weighted by molar-refractivity contribution is 0.310. The molecule has 0 aromatic carbocycles. The van der Waals surface area contributed by atoms with Crippen molar-refractivity contribution in [3.63, 3.8) is 0 Å². The van der Waals surface area contributed by atoms with Crippen LogP contribution in [-0.2, 0) is 0 Å². The highest BCUT2D eigenvalue weighted by Crippen LogP contribution is 2.60. The van der Waals surface area contributed by atoms with E-state index < -0.39 is 0 Å². The lowest BCUT2D eigenvalue weighted by Gasteiger charge is -2.25. The van der Waals surface area contributed by atoms with E-state index in [4.69, 9.17) is 0 Å². The molecule has 86 valence electrons. The minimum Gasteiger partial charge on any atom is -0.316 e. The second kappa shape index (κ2) is 3.46. The van der Waals surface area contributed by atoms with Crippen LogP contribution in [0.25, 0.3) is 0 Å². The van der Waals surface area contributed by atoms with Crippen LogP contribution in [0.2, 0.25) is 0 Å². The van der Waals surface area contributed by atoms with Gasteiger partial charge in [0.2, 0.25) is 0 Å². The third-order valence-corrected chi connectivity index (χ3v) is 4.82. The Bertz CT molecular complexity index is 233. The number of hydrogen-bond acceptors (Lipinski definition) is 2. The van der Waals surface area contributed by atoms with Crippen LogP contribution in [0.15, 0.2) is 0 Å². The van der Waals surface area contributed by atoms with Crippen molar-refractivity contribution in [2.75, 3.05) is 26.2 Å². The predicted octanol–water partition coefficient (Wildman–Crippen LogP) is 1.77. The van der Waals surface area contributed by atoms with Crippen molar-refractivity contribution in [1.29, 1.82) is 0 Å². The van der Waals surface area contributed by atoms with E-state index in [-0.39, 0.29) is 0 Å². The van der Waals surface area contributed by atoms with Crippen LogP contribution in [0.5, 0.6) is 0 Å². The number of hydrogen-bond donors (Lipinski definition) is 2. The van der Waals surface area contributed by atoms with E-state index in [1.165, 1.54) is 58.3 Å². The molecule has 1 unspecified atom stereocenters. The van der Waals surface area contributed by atoms with Crippen LogP contribution >= 0.6 is 0 Å². The highest BCUT2D eigenvalue weighted by molar-refractivity contribution is 5.05. The third kappa shape index (κ3) is 2.07. The predicted molar refractivity (Wildman–Crippen MR) is 62.9 cm³/mol. The van der Waals surface area contributed by atoms with Crippen LogP contribution in [0, 0.1) is 16.7 Å². The molecule has 0 aromatic heterocycles. The van der Waals surface area contributed by atoms with E-state index in [0.717, 1.165) is 11.3 Å². The van der Waals surface area contributed by atoms with E-state index in [9.17, 15) is 0 Å². The van der Waals surface area contributed by atoms with Crippen LogP contribution < -0.4 is 10.6 Å². The minimum absolute atomic E-state index is 0.527. The van der Waals surface area contributed by atoms with Gasteiger partial charge in [-0.15, -0.1) is 0 Å². The largest absolute Gasteiger partial charge is 0.316 e. The van der Waals surface area contributed by atoms with Gasteiger partial charge in [0.15, 0.2) is 0 Å². The van der Waals surface area contributed by atoms with Gasteiger partial charge in [-0.1, -0.05) is 6.92 Å². The highest BCUT2D eigenvalue weighted by Gasteiger charge is 2.53. The molecule has 2 nitrogen and oxygen atoms in total. The fourth-order valence-corrected chi connectivity index (χ4v) is 3.22. The Kier molecular flexibility index (Phi) is 2.33. The van der Waals surface area contributed by atoms with Crippen molar-refractivity contribution in [3.05, 3.63) is 0 Å². The molecule has 1 aliphatic heterocycles. The third-order valence-electron chi connectivity index (χ3n) is 4.82. The Balaban J connectivity index is 1.43. The number of nitrogens with one attached hydrogen (secondary N) is 2. The molecule has 3 fully saturated rings. The molecule has 15 heavy (non-hydrogen) atoms. The first-order valence-corrected chi connectivity index (χ1v) is 6.64. The molecule has 2 aliphatic carbocycles. The van der Waals surface area contributed by atoms with Gasteiger partial charge >= 0.3 is 0 Å². The maximum Gasteiger partial charge on any atom is 0.00180 e. The van der Waals surface area contributed by atoms with Crippen molar-refractivity contribution in [2.24, 2.45) is 16.7 Å². The molecule has 1 heterocycles. The second-order valence-electron chi connectivity index (χ2n) is 6.48. The Morgan fingerprint density at radius 1 is 1.20 bits per heavy atom. The molecule has 2 heteroatoms. The first kappa shape index (κ1) is 10.1. The summed E-state index contributed by atoms with van der Waals surface area (Å²) in [6, 6.07) is 0. The SMILES string of the molecule is CC1(CNCC2(C3CC3)CC2)CCNC1. The van der Waals surface area contributed by atoms with E-state index in [0.29, 0.717) is 5.41 Å². The summed E-state index contributed by atoms with van der Waals surface area (Å²) in [6.45, 7) is 7.35. The average molecular weight is 208 g/mol. The lowest BCUT2D eigenvalue weighted by Crippen LogP contribution is -2.37. The summed E-state index contributed by atoms with van der Waals surface area (Å²) in [6.07, 6.45) is 7.37. The van der Waals surface area contributed by atoms with E-state index in [2.05, 4.69) is 17.6 Å². The quantitative estimate of drug-likeness (QED) is 0.719. The topological polar surface area (TPSA) is 24.1 Å². The molecular formula is C13H24N2. The maximum absolute atomic E-state index is 3.75. The van der Waals surface area contributed by atoms with Crippen LogP contribution in [0.1, 0.15) is 39.0 Å². The molecule has 0 radical (unpaired) electrons. The Labute approximate surface area is 93.2 Å². The molecule has 0 spiro atoms. The first-order chi connectivity index (χ1) is 7.23. The summed E-state index contributed by atoms with van der Waals surface area (Å²) in [5.74, 6) is 1.10. The van der Waals surface area contributed by atoms with Crippen LogP contribution in [0.3, 0.4) is 0 Å². The number of rotatable bonds is 5. The Hall–Kier alpha value is -0.0800. The van der Waals surface area contributed by atoms with Crippen molar-refractivity contribution in [2.45, 2.75) is 39.0 Å². The fraction of sp³-hybridized carbons (Fsp3) is 1.00. The van der Waals surface area contributed by atoms with Crippen molar-refractivity contribution in [1.82, 2.24) is 10.6 Å². The minimum atomic E-state index is 0.527. The summed E-state index contributed by atoms with van der Waals surface area (Å²) in [5.41, 5.74) is 1.29. The molecule has 2 N–H and O–H groups in total. The molecule has 0 aromatic rings. The van der Waals surface area contributed by atoms with Gasteiger partial charge in [0.1, 0.15) is 0 Å². The molecular weight excluding hydrogens is 184 g/mol.